The highest BCUT2D eigenvalue weighted by Gasteiger charge is 2.00. The van der Waals surface area contributed by atoms with Crippen molar-refractivity contribution in [3.63, 3.8) is 0 Å². The molecular weight excluding hydrogens is 280 g/mol. The van der Waals surface area contributed by atoms with Gasteiger partial charge in [0.15, 0.2) is 0 Å². The average molecular weight is 300 g/mol. The average Bonchev–Trinajstić information content (AvgIpc) is 2.58. The van der Waals surface area contributed by atoms with Crippen molar-refractivity contribution in [2.75, 3.05) is 13.2 Å². The number of para-hydroxylation sites is 1. The SMILES string of the molecule is O=C(NCCOc1ccccc1)NCc1ccc(CO)cc1. The van der Waals surface area contributed by atoms with Gasteiger partial charge in [0.1, 0.15) is 12.4 Å². The summed E-state index contributed by atoms with van der Waals surface area (Å²) in [4.78, 5) is 11.6. The van der Waals surface area contributed by atoms with Gasteiger partial charge in [0, 0.05) is 6.54 Å². The predicted molar refractivity (Wildman–Crippen MR) is 84.5 cm³/mol. The van der Waals surface area contributed by atoms with E-state index in [9.17, 15) is 4.79 Å². The van der Waals surface area contributed by atoms with E-state index in [-0.39, 0.29) is 12.6 Å². The fraction of sp³-hybridized carbons (Fsp3) is 0.235. The standard InChI is InChI=1S/C17H20N2O3/c20-13-15-8-6-14(7-9-15)12-19-17(21)18-10-11-22-16-4-2-1-3-5-16/h1-9,20H,10-13H2,(H2,18,19,21). The second kappa shape index (κ2) is 8.69. The molecule has 2 aromatic rings. The number of rotatable bonds is 7. The van der Waals surface area contributed by atoms with E-state index in [1.54, 1.807) is 0 Å². The first-order valence-corrected chi connectivity index (χ1v) is 7.16. The van der Waals surface area contributed by atoms with Crippen molar-refractivity contribution in [3.05, 3.63) is 65.7 Å². The van der Waals surface area contributed by atoms with Crippen LogP contribution < -0.4 is 15.4 Å². The van der Waals surface area contributed by atoms with Gasteiger partial charge in [0.25, 0.3) is 0 Å². The van der Waals surface area contributed by atoms with Crippen LogP contribution in [-0.4, -0.2) is 24.3 Å². The Bertz CT molecular complexity index is 570. The second-order valence-corrected chi connectivity index (χ2v) is 4.75. The minimum atomic E-state index is -0.233. The van der Waals surface area contributed by atoms with E-state index >= 15 is 0 Å². The monoisotopic (exact) mass is 300 g/mol. The largest absolute Gasteiger partial charge is 0.492 e. The number of urea groups is 1. The Morgan fingerprint density at radius 2 is 1.64 bits per heavy atom. The van der Waals surface area contributed by atoms with Crippen LogP contribution in [0.2, 0.25) is 0 Å². The van der Waals surface area contributed by atoms with Gasteiger partial charge in [0.05, 0.1) is 13.2 Å². The molecule has 2 amide bonds. The van der Waals surface area contributed by atoms with Gasteiger partial charge in [0.2, 0.25) is 0 Å². The van der Waals surface area contributed by atoms with Crippen LogP contribution in [0.25, 0.3) is 0 Å². The number of carbonyl (C=O) groups is 1. The zero-order chi connectivity index (χ0) is 15.6. The molecule has 5 nitrogen and oxygen atoms in total. The molecule has 2 aromatic carbocycles. The summed E-state index contributed by atoms with van der Waals surface area (Å²) >= 11 is 0. The van der Waals surface area contributed by atoms with Gasteiger partial charge in [-0.25, -0.2) is 4.79 Å². The van der Waals surface area contributed by atoms with E-state index in [0.29, 0.717) is 19.7 Å². The third-order valence-electron chi connectivity index (χ3n) is 3.06. The summed E-state index contributed by atoms with van der Waals surface area (Å²) in [5.74, 6) is 0.786. The molecule has 0 aliphatic rings. The molecule has 0 spiro atoms. The van der Waals surface area contributed by atoms with Crippen LogP contribution >= 0.6 is 0 Å². The van der Waals surface area contributed by atoms with E-state index in [2.05, 4.69) is 10.6 Å². The fourth-order valence-electron chi connectivity index (χ4n) is 1.86. The highest BCUT2D eigenvalue weighted by Crippen LogP contribution is 2.07. The summed E-state index contributed by atoms with van der Waals surface area (Å²) < 4.78 is 5.48. The normalized spacial score (nSPS) is 10.0. The number of hydrogen-bond acceptors (Lipinski definition) is 3. The number of nitrogens with one attached hydrogen (secondary N) is 2. The van der Waals surface area contributed by atoms with E-state index in [1.807, 2.05) is 54.6 Å². The molecule has 0 bridgehead atoms. The van der Waals surface area contributed by atoms with Gasteiger partial charge >= 0.3 is 6.03 Å². The topological polar surface area (TPSA) is 70.6 Å². The lowest BCUT2D eigenvalue weighted by Gasteiger charge is -2.09. The molecule has 0 saturated heterocycles. The van der Waals surface area contributed by atoms with Crippen molar-refractivity contribution < 1.29 is 14.6 Å². The number of aliphatic hydroxyl groups is 1. The maximum atomic E-state index is 11.6. The Labute approximate surface area is 129 Å². The van der Waals surface area contributed by atoms with Crippen molar-refractivity contribution in [1.82, 2.24) is 10.6 Å². The van der Waals surface area contributed by atoms with Crippen molar-refractivity contribution in [2.45, 2.75) is 13.2 Å². The van der Waals surface area contributed by atoms with Crippen LogP contribution in [0.5, 0.6) is 5.75 Å². The molecule has 0 aliphatic carbocycles. The van der Waals surface area contributed by atoms with Crippen molar-refractivity contribution >= 4 is 6.03 Å². The van der Waals surface area contributed by atoms with E-state index < -0.39 is 0 Å². The summed E-state index contributed by atoms with van der Waals surface area (Å²) in [5, 5.41) is 14.5. The van der Waals surface area contributed by atoms with Crippen molar-refractivity contribution in [3.8, 4) is 5.75 Å². The van der Waals surface area contributed by atoms with Crippen LogP contribution in [0.1, 0.15) is 11.1 Å². The van der Waals surface area contributed by atoms with Gasteiger partial charge in [-0.05, 0) is 23.3 Å². The first-order chi connectivity index (χ1) is 10.8. The fourth-order valence-corrected chi connectivity index (χ4v) is 1.86. The number of hydrogen-bond donors (Lipinski definition) is 3. The molecule has 0 unspecified atom stereocenters. The molecule has 116 valence electrons. The molecule has 2 rings (SSSR count). The van der Waals surface area contributed by atoms with E-state index in [0.717, 1.165) is 16.9 Å². The maximum Gasteiger partial charge on any atom is 0.315 e. The minimum absolute atomic E-state index is 0.0234. The number of aliphatic hydroxyl groups excluding tert-OH is 1. The van der Waals surface area contributed by atoms with Crippen molar-refractivity contribution in [2.24, 2.45) is 0 Å². The third kappa shape index (κ3) is 5.46. The van der Waals surface area contributed by atoms with Gasteiger partial charge in [-0.2, -0.15) is 0 Å². The molecule has 0 radical (unpaired) electrons. The highest BCUT2D eigenvalue weighted by molar-refractivity contribution is 5.73. The summed E-state index contributed by atoms with van der Waals surface area (Å²) in [5.41, 5.74) is 1.83. The van der Waals surface area contributed by atoms with E-state index in [1.165, 1.54) is 0 Å². The first kappa shape index (κ1) is 15.9. The van der Waals surface area contributed by atoms with E-state index in [4.69, 9.17) is 9.84 Å². The smallest absolute Gasteiger partial charge is 0.315 e. The minimum Gasteiger partial charge on any atom is -0.492 e. The van der Waals surface area contributed by atoms with Gasteiger partial charge in [-0.1, -0.05) is 42.5 Å². The second-order valence-electron chi connectivity index (χ2n) is 4.75. The van der Waals surface area contributed by atoms with Gasteiger partial charge in [-0.3, -0.25) is 0 Å². The number of amides is 2. The van der Waals surface area contributed by atoms with Gasteiger partial charge in [-0.15, -0.1) is 0 Å². The Balaban J connectivity index is 1.61. The lowest BCUT2D eigenvalue weighted by molar-refractivity contribution is 0.236. The van der Waals surface area contributed by atoms with Gasteiger partial charge < -0.3 is 20.5 Å². The molecule has 0 atom stereocenters. The quantitative estimate of drug-likeness (QED) is 0.685. The molecule has 0 saturated carbocycles. The number of benzene rings is 2. The Kier molecular flexibility index (Phi) is 6.26. The summed E-state index contributed by atoms with van der Waals surface area (Å²) in [6.45, 7) is 1.32. The summed E-state index contributed by atoms with van der Waals surface area (Å²) in [7, 11) is 0. The highest BCUT2D eigenvalue weighted by atomic mass is 16.5. The molecular formula is C17H20N2O3. The van der Waals surface area contributed by atoms with Crippen LogP contribution in [0, 0.1) is 0 Å². The Morgan fingerprint density at radius 1 is 0.955 bits per heavy atom. The molecule has 3 N–H and O–H groups in total. The van der Waals surface area contributed by atoms with Crippen LogP contribution in [0.15, 0.2) is 54.6 Å². The lowest BCUT2D eigenvalue weighted by atomic mass is 10.1. The molecule has 0 aliphatic heterocycles. The Hall–Kier alpha value is -2.53. The molecule has 0 heterocycles. The van der Waals surface area contributed by atoms with Crippen molar-refractivity contribution in [1.29, 1.82) is 0 Å². The summed E-state index contributed by atoms with van der Waals surface area (Å²) in [6.07, 6.45) is 0. The third-order valence-corrected chi connectivity index (χ3v) is 3.06. The van der Waals surface area contributed by atoms with Crippen LogP contribution in [-0.2, 0) is 13.2 Å². The zero-order valence-corrected chi connectivity index (χ0v) is 12.3. The van der Waals surface area contributed by atoms with Crippen LogP contribution in [0.3, 0.4) is 0 Å². The van der Waals surface area contributed by atoms with Crippen LogP contribution in [0.4, 0.5) is 4.79 Å². The maximum absolute atomic E-state index is 11.6. The molecule has 5 heteroatoms. The lowest BCUT2D eigenvalue weighted by Crippen LogP contribution is -2.37. The Morgan fingerprint density at radius 3 is 2.32 bits per heavy atom. The molecule has 0 fully saturated rings. The molecule has 0 aromatic heterocycles. The molecule has 22 heavy (non-hydrogen) atoms. The predicted octanol–water partition coefficient (Wildman–Crippen LogP) is 2.06. The summed E-state index contributed by atoms with van der Waals surface area (Å²) in [6, 6.07) is 16.7. The number of carbonyl (C=O) groups excluding carboxylic acids is 1. The number of ether oxygens (including phenoxy) is 1. The zero-order valence-electron chi connectivity index (χ0n) is 12.3. The first-order valence-electron chi connectivity index (χ1n) is 7.16.